The first-order valence-electron chi connectivity index (χ1n) is 6.80. The summed E-state index contributed by atoms with van der Waals surface area (Å²) in [5.74, 6) is -0.183. The monoisotopic (exact) mass is 277 g/mol. The van der Waals surface area contributed by atoms with Gasteiger partial charge in [0, 0.05) is 17.8 Å². The Bertz CT molecular complexity index is 771. The van der Waals surface area contributed by atoms with Crippen molar-refractivity contribution in [3.63, 3.8) is 0 Å². The van der Waals surface area contributed by atoms with Crippen LogP contribution in [0.1, 0.15) is 29.0 Å². The van der Waals surface area contributed by atoms with Crippen molar-refractivity contribution >= 4 is 16.8 Å². The molecule has 1 N–H and O–H groups in total. The number of amides is 1. The van der Waals surface area contributed by atoms with Gasteiger partial charge < -0.3 is 5.32 Å². The lowest BCUT2D eigenvalue weighted by Gasteiger charge is -2.13. The lowest BCUT2D eigenvalue weighted by atomic mass is 10.1. The van der Waals surface area contributed by atoms with E-state index in [4.69, 9.17) is 0 Å². The van der Waals surface area contributed by atoms with Gasteiger partial charge in [-0.15, -0.1) is 0 Å². The number of para-hydroxylation sites is 1. The second-order valence-corrected chi connectivity index (χ2v) is 4.87. The highest BCUT2D eigenvalue weighted by Gasteiger charge is 2.12. The van der Waals surface area contributed by atoms with Crippen LogP contribution in [-0.4, -0.2) is 15.9 Å². The van der Waals surface area contributed by atoms with Crippen LogP contribution in [-0.2, 0) is 0 Å². The maximum Gasteiger partial charge on any atom is 0.270 e. The minimum Gasteiger partial charge on any atom is -0.344 e. The predicted molar refractivity (Wildman–Crippen MR) is 81.9 cm³/mol. The average molecular weight is 277 g/mol. The Labute approximate surface area is 122 Å². The summed E-state index contributed by atoms with van der Waals surface area (Å²) in [4.78, 5) is 20.7. The Hall–Kier alpha value is -2.75. The highest BCUT2D eigenvalue weighted by atomic mass is 16.1. The van der Waals surface area contributed by atoms with E-state index < -0.39 is 0 Å². The van der Waals surface area contributed by atoms with Gasteiger partial charge in [-0.2, -0.15) is 0 Å². The summed E-state index contributed by atoms with van der Waals surface area (Å²) in [6, 6.07) is 15.1. The van der Waals surface area contributed by atoms with Crippen LogP contribution >= 0.6 is 0 Å². The van der Waals surface area contributed by atoms with Gasteiger partial charge in [-0.3, -0.25) is 9.78 Å². The van der Waals surface area contributed by atoms with E-state index in [1.807, 2.05) is 49.4 Å². The molecular formula is C17H15N3O. The summed E-state index contributed by atoms with van der Waals surface area (Å²) in [6.07, 6.45) is 3.46. The van der Waals surface area contributed by atoms with Crippen LogP contribution in [0, 0.1) is 0 Å². The second-order valence-electron chi connectivity index (χ2n) is 4.87. The van der Waals surface area contributed by atoms with Crippen LogP contribution in [0.3, 0.4) is 0 Å². The van der Waals surface area contributed by atoms with Gasteiger partial charge >= 0.3 is 0 Å². The fraction of sp³-hybridized carbons (Fsp3) is 0.118. The fourth-order valence-corrected chi connectivity index (χ4v) is 2.18. The molecule has 1 atom stereocenters. The number of nitrogens with zero attached hydrogens (tertiary/aromatic N) is 2. The molecule has 0 aliphatic heterocycles. The van der Waals surface area contributed by atoms with Gasteiger partial charge in [0.1, 0.15) is 5.69 Å². The zero-order chi connectivity index (χ0) is 14.7. The molecule has 2 aromatic heterocycles. The lowest BCUT2D eigenvalue weighted by Crippen LogP contribution is -2.27. The maximum atomic E-state index is 12.3. The van der Waals surface area contributed by atoms with Crippen molar-refractivity contribution in [3.8, 4) is 0 Å². The molecule has 0 aliphatic rings. The number of pyridine rings is 2. The van der Waals surface area contributed by atoms with Crippen LogP contribution in [0.5, 0.6) is 0 Å². The first-order valence-corrected chi connectivity index (χ1v) is 6.80. The van der Waals surface area contributed by atoms with E-state index in [0.717, 1.165) is 16.5 Å². The molecule has 4 heteroatoms. The molecule has 3 rings (SSSR count). The lowest BCUT2D eigenvalue weighted by molar-refractivity contribution is 0.0935. The highest BCUT2D eigenvalue weighted by molar-refractivity contribution is 5.95. The summed E-state index contributed by atoms with van der Waals surface area (Å²) >= 11 is 0. The van der Waals surface area contributed by atoms with E-state index >= 15 is 0 Å². The Balaban J connectivity index is 1.80. The molecular weight excluding hydrogens is 262 g/mol. The molecule has 0 bridgehead atoms. The highest BCUT2D eigenvalue weighted by Crippen LogP contribution is 2.14. The molecule has 3 aromatic rings. The number of hydrogen-bond acceptors (Lipinski definition) is 3. The van der Waals surface area contributed by atoms with E-state index in [9.17, 15) is 4.79 Å². The number of hydrogen-bond donors (Lipinski definition) is 1. The summed E-state index contributed by atoms with van der Waals surface area (Å²) < 4.78 is 0. The first kappa shape index (κ1) is 13.2. The smallest absolute Gasteiger partial charge is 0.270 e. The SMILES string of the molecule is CC(NC(=O)c1ccc2ccccc2n1)c1cccnc1. The van der Waals surface area contributed by atoms with Crippen molar-refractivity contribution in [1.82, 2.24) is 15.3 Å². The third-order valence-corrected chi connectivity index (χ3v) is 3.36. The topological polar surface area (TPSA) is 54.9 Å². The minimum absolute atomic E-state index is 0.112. The molecule has 0 fully saturated rings. The molecule has 4 nitrogen and oxygen atoms in total. The molecule has 0 saturated carbocycles. The number of nitrogens with one attached hydrogen (secondary N) is 1. The summed E-state index contributed by atoms with van der Waals surface area (Å²) in [5.41, 5.74) is 2.20. The molecule has 104 valence electrons. The molecule has 0 radical (unpaired) electrons. The Morgan fingerprint density at radius 1 is 1.10 bits per heavy atom. The third-order valence-electron chi connectivity index (χ3n) is 3.36. The summed E-state index contributed by atoms with van der Waals surface area (Å²) in [5, 5.41) is 3.96. The number of fused-ring (bicyclic) bond motifs is 1. The average Bonchev–Trinajstić information content (AvgIpc) is 2.55. The second kappa shape index (κ2) is 5.71. The van der Waals surface area contributed by atoms with Crippen molar-refractivity contribution in [2.24, 2.45) is 0 Å². The molecule has 1 unspecified atom stereocenters. The van der Waals surface area contributed by atoms with E-state index in [1.165, 1.54) is 0 Å². The first-order chi connectivity index (χ1) is 10.2. The molecule has 1 amide bonds. The van der Waals surface area contributed by atoms with Gasteiger partial charge in [-0.1, -0.05) is 30.3 Å². The minimum atomic E-state index is -0.183. The van der Waals surface area contributed by atoms with Crippen molar-refractivity contribution in [2.75, 3.05) is 0 Å². The van der Waals surface area contributed by atoms with E-state index in [0.29, 0.717) is 5.69 Å². The number of rotatable bonds is 3. The van der Waals surface area contributed by atoms with Gasteiger partial charge in [-0.05, 0) is 30.7 Å². The van der Waals surface area contributed by atoms with Crippen LogP contribution in [0.4, 0.5) is 0 Å². The largest absolute Gasteiger partial charge is 0.344 e. The van der Waals surface area contributed by atoms with Gasteiger partial charge in [-0.25, -0.2) is 4.98 Å². The van der Waals surface area contributed by atoms with Crippen LogP contribution in [0.15, 0.2) is 60.9 Å². The molecule has 21 heavy (non-hydrogen) atoms. The van der Waals surface area contributed by atoms with Crippen molar-refractivity contribution in [3.05, 3.63) is 72.2 Å². The molecule has 1 aromatic carbocycles. The summed E-state index contributed by atoms with van der Waals surface area (Å²) in [6.45, 7) is 1.93. The van der Waals surface area contributed by atoms with Crippen LogP contribution in [0.25, 0.3) is 10.9 Å². The van der Waals surface area contributed by atoms with Gasteiger partial charge in [0.15, 0.2) is 0 Å². The Morgan fingerprint density at radius 3 is 2.76 bits per heavy atom. The van der Waals surface area contributed by atoms with Crippen molar-refractivity contribution in [1.29, 1.82) is 0 Å². The van der Waals surface area contributed by atoms with Gasteiger partial charge in [0.25, 0.3) is 5.91 Å². The maximum absolute atomic E-state index is 12.3. The summed E-state index contributed by atoms with van der Waals surface area (Å²) in [7, 11) is 0. The van der Waals surface area contributed by atoms with Crippen molar-refractivity contribution in [2.45, 2.75) is 13.0 Å². The molecule has 0 aliphatic carbocycles. The Kier molecular flexibility index (Phi) is 3.60. The number of benzene rings is 1. The van der Waals surface area contributed by atoms with Crippen LogP contribution < -0.4 is 5.32 Å². The Morgan fingerprint density at radius 2 is 1.95 bits per heavy atom. The van der Waals surface area contributed by atoms with Gasteiger partial charge in [0.05, 0.1) is 11.6 Å². The normalized spacial score (nSPS) is 12.0. The van der Waals surface area contributed by atoms with E-state index in [2.05, 4.69) is 15.3 Å². The zero-order valence-corrected chi connectivity index (χ0v) is 11.7. The van der Waals surface area contributed by atoms with Crippen molar-refractivity contribution < 1.29 is 4.79 Å². The van der Waals surface area contributed by atoms with E-state index in [1.54, 1.807) is 18.5 Å². The number of aromatic nitrogens is 2. The fourth-order valence-electron chi connectivity index (χ4n) is 2.18. The zero-order valence-electron chi connectivity index (χ0n) is 11.7. The number of carbonyl (C=O) groups excluding carboxylic acids is 1. The number of carbonyl (C=O) groups is 1. The van der Waals surface area contributed by atoms with Gasteiger partial charge in [0.2, 0.25) is 0 Å². The predicted octanol–water partition coefficient (Wildman–Crippen LogP) is 3.12. The standard InChI is InChI=1S/C17H15N3O/c1-12(14-6-4-10-18-11-14)19-17(21)16-9-8-13-5-2-3-7-15(13)20-16/h2-12H,1H3,(H,19,21). The molecule has 2 heterocycles. The quantitative estimate of drug-likeness (QED) is 0.800. The molecule has 0 spiro atoms. The third kappa shape index (κ3) is 2.89. The molecule has 0 saturated heterocycles. The van der Waals surface area contributed by atoms with Crippen LogP contribution in [0.2, 0.25) is 0 Å². The van der Waals surface area contributed by atoms with E-state index in [-0.39, 0.29) is 11.9 Å².